The summed E-state index contributed by atoms with van der Waals surface area (Å²) in [6, 6.07) is 5.56. The van der Waals surface area contributed by atoms with Gasteiger partial charge in [0.05, 0.1) is 11.7 Å². The van der Waals surface area contributed by atoms with Gasteiger partial charge in [0.15, 0.2) is 0 Å². The molecule has 1 N–H and O–H groups in total. The molecular formula is C17H25N3S. The van der Waals surface area contributed by atoms with Gasteiger partial charge in [-0.05, 0) is 54.3 Å². The van der Waals surface area contributed by atoms with Crippen LogP contribution in [0.2, 0.25) is 0 Å². The summed E-state index contributed by atoms with van der Waals surface area (Å²) < 4.78 is 2.20. The summed E-state index contributed by atoms with van der Waals surface area (Å²) in [5.74, 6) is 0. The Balaban J connectivity index is 1.62. The number of likely N-dealkylation sites (N-methyl/N-ethyl adjacent to an activating group) is 1. The van der Waals surface area contributed by atoms with E-state index in [1.165, 1.54) is 36.9 Å². The lowest BCUT2D eigenvalue weighted by atomic mass is 10.0. The molecule has 3 nitrogen and oxygen atoms in total. The van der Waals surface area contributed by atoms with E-state index in [0.29, 0.717) is 12.1 Å². The lowest BCUT2D eigenvalue weighted by Gasteiger charge is -2.16. The van der Waals surface area contributed by atoms with Crippen molar-refractivity contribution in [1.29, 1.82) is 0 Å². The van der Waals surface area contributed by atoms with E-state index in [0.717, 1.165) is 19.4 Å². The van der Waals surface area contributed by atoms with Crippen LogP contribution in [-0.4, -0.2) is 22.4 Å². The molecule has 4 heteroatoms. The first kappa shape index (κ1) is 14.8. The van der Waals surface area contributed by atoms with E-state index in [4.69, 9.17) is 5.10 Å². The molecular weight excluding hydrogens is 278 g/mol. The van der Waals surface area contributed by atoms with Gasteiger partial charge in [0.1, 0.15) is 0 Å². The van der Waals surface area contributed by atoms with Gasteiger partial charge >= 0.3 is 0 Å². The minimum atomic E-state index is 0.483. The molecule has 1 unspecified atom stereocenters. The van der Waals surface area contributed by atoms with Crippen LogP contribution in [0.1, 0.15) is 49.9 Å². The fraction of sp³-hybridized carbons (Fsp3) is 0.588. The van der Waals surface area contributed by atoms with E-state index in [-0.39, 0.29) is 0 Å². The normalized spacial score (nSPS) is 17.4. The Morgan fingerprint density at radius 3 is 2.90 bits per heavy atom. The molecule has 0 spiro atoms. The Hall–Kier alpha value is -1.13. The molecule has 0 amide bonds. The van der Waals surface area contributed by atoms with E-state index >= 15 is 0 Å². The zero-order chi connectivity index (χ0) is 14.5. The summed E-state index contributed by atoms with van der Waals surface area (Å²) in [4.78, 5) is 0. The van der Waals surface area contributed by atoms with Crippen LogP contribution in [0.3, 0.4) is 0 Å². The molecule has 21 heavy (non-hydrogen) atoms. The predicted octanol–water partition coefficient (Wildman–Crippen LogP) is 3.82. The largest absolute Gasteiger partial charge is 0.314 e. The van der Waals surface area contributed by atoms with Gasteiger partial charge < -0.3 is 5.32 Å². The summed E-state index contributed by atoms with van der Waals surface area (Å²) in [5.41, 5.74) is 2.66. The summed E-state index contributed by atoms with van der Waals surface area (Å²) in [5, 5.41) is 12.8. The maximum absolute atomic E-state index is 4.82. The molecule has 2 aromatic rings. The Labute approximate surface area is 131 Å². The van der Waals surface area contributed by atoms with E-state index in [9.17, 15) is 0 Å². The molecule has 1 saturated carbocycles. The van der Waals surface area contributed by atoms with Crippen molar-refractivity contribution in [3.8, 4) is 0 Å². The molecule has 2 heterocycles. The molecule has 1 atom stereocenters. The summed E-state index contributed by atoms with van der Waals surface area (Å²) in [7, 11) is 0. The molecule has 1 fully saturated rings. The molecule has 1 aliphatic carbocycles. The second-order valence-electron chi connectivity index (χ2n) is 6.02. The van der Waals surface area contributed by atoms with Crippen LogP contribution in [0.15, 0.2) is 29.1 Å². The Morgan fingerprint density at radius 2 is 2.19 bits per heavy atom. The SMILES string of the molecule is CCNC(Cc1ccsc1)Cc1ccn(C2CCCC2)n1. The van der Waals surface area contributed by atoms with Gasteiger partial charge in [-0.3, -0.25) is 4.68 Å². The third kappa shape index (κ3) is 3.95. The highest BCUT2D eigenvalue weighted by molar-refractivity contribution is 7.07. The van der Waals surface area contributed by atoms with Crippen LogP contribution in [0.25, 0.3) is 0 Å². The number of nitrogens with one attached hydrogen (secondary N) is 1. The van der Waals surface area contributed by atoms with Crippen molar-refractivity contribution in [2.24, 2.45) is 0 Å². The van der Waals surface area contributed by atoms with Gasteiger partial charge in [-0.1, -0.05) is 19.8 Å². The maximum atomic E-state index is 4.82. The average Bonchev–Trinajstić information content (AvgIpc) is 3.21. The number of nitrogens with zero attached hydrogens (tertiary/aromatic N) is 2. The van der Waals surface area contributed by atoms with Crippen LogP contribution in [0, 0.1) is 0 Å². The van der Waals surface area contributed by atoms with E-state index in [1.807, 2.05) is 0 Å². The fourth-order valence-corrected chi connectivity index (χ4v) is 3.99. The molecule has 2 aromatic heterocycles. The third-order valence-electron chi connectivity index (χ3n) is 4.37. The third-order valence-corrected chi connectivity index (χ3v) is 5.10. The van der Waals surface area contributed by atoms with Crippen molar-refractivity contribution in [2.75, 3.05) is 6.54 Å². The first-order chi connectivity index (χ1) is 10.3. The lowest BCUT2D eigenvalue weighted by molar-refractivity contribution is 0.455. The molecule has 0 aromatic carbocycles. The van der Waals surface area contributed by atoms with Crippen LogP contribution in [-0.2, 0) is 12.8 Å². The Bertz CT molecular complexity index is 526. The molecule has 1 aliphatic rings. The van der Waals surface area contributed by atoms with Gasteiger partial charge in [-0.2, -0.15) is 16.4 Å². The number of hydrogen-bond acceptors (Lipinski definition) is 3. The number of hydrogen-bond donors (Lipinski definition) is 1. The quantitative estimate of drug-likeness (QED) is 0.842. The zero-order valence-electron chi connectivity index (χ0n) is 12.8. The topological polar surface area (TPSA) is 29.9 Å². The highest BCUT2D eigenvalue weighted by Crippen LogP contribution is 2.28. The molecule has 0 bridgehead atoms. The summed E-state index contributed by atoms with van der Waals surface area (Å²) in [6.07, 6.45) is 9.60. The van der Waals surface area contributed by atoms with E-state index < -0.39 is 0 Å². The minimum Gasteiger partial charge on any atom is -0.314 e. The number of rotatable bonds is 7. The van der Waals surface area contributed by atoms with Crippen molar-refractivity contribution < 1.29 is 0 Å². The fourth-order valence-electron chi connectivity index (χ4n) is 3.31. The van der Waals surface area contributed by atoms with Gasteiger partial charge in [-0.25, -0.2) is 0 Å². The lowest BCUT2D eigenvalue weighted by Crippen LogP contribution is -2.33. The first-order valence-corrected chi connectivity index (χ1v) is 9.08. The second kappa shape index (κ2) is 7.23. The predicted molar refractivity (Wildman–Crippen MR) is 88.9 cm³/mol. The molecule has 0 saturated heterocycles. The van der Waals surface area contributed by atoms with Crippen molar-refractivity contribution in [3.05, 3.63) is 40.3 Å². The van der Waals surface area contributed by atoms with Crippen LogP contribution >= 0.6 is 11.3 Å². The van der Waals surface area contributed by atoms with E-state index in [2.05, 4.69) is 46.0 Å². The average molecular weight is 303 g/mol. The van der Waals surface area contributed by atoms with Gasteiger partial charge in [0.2, 0.25) is 0 Å². The Kier molecular flexibility index (Phi) is 5.09. The highest BCUT2D eigenvalue weighted by atomic mass is 32.1. The van der Waals surface area contributed by atoms with E-state index in [1.54, 1.807) is 11.3 Å². The minimum absolute atomic E-state index is 0.483. The second-order valence-corrected chi connectivity index (χ2v) is 6.80. The zero-order valence-corrected chi connectivity index (χ0v) is 13.6. The van der Waals surface area contributed by atoms with Crippen molar-refractivity contribution in [2.45, 2.75) is 57.5 Å². The smallest absolute Gasteiger partial charge is 0.0640 e. The van der Waals surface area contributed by atoms with Crippen molar-refractivity contribution >= 4 is 11.3 Å². The van der Waals surface area contributed by atoms with Crippen molar-refractivity contribution in [1.82, 2.24) is 15.1 Å². The number of thiophene rings is 1. The van der Waals surface area contributed by atoms with Crippen molar-refractivity contribution in [3.63, 3.8) is 0 Å². The molecule has 114 valence electrons. The van der Waals surface area contributed by atoms with Crippen LogP contribution in [0.5, 0.6) is 0 Å². The highest BCUT2D eigenvalue weighted by Gasteiger charge is 2.18. The molecule has 0 radical (unpaired) electrons. The summed E-state index contributed by atoms with van der Waals surface area (Å²) in [6.45, 7) is 3.19. The van der Waals surface area contributed by atoms with Crippen LogP contribution in [0.4, 0.5) is 0 Å². The van der Waals surface area contributed by atoms with Gasteiger partial charge in [0.25, 0.3) is 0 Å². The monoisotopic (exact) mass is 303 g/mol. The maximum Gasteiger partial charge on any atom is 0.0640 e. The number of aromatic nitrogens is 2. The summed E-state index contributed by atoms with van der Waals surface area (Å²) >= 11 is 1.78. The Morgan fingerprint density at radius 1 is 1.33 bits per heavy atom. The molecule has 3 rings (SSSR count). The standard InChI is InChI=1S/C17H25N3S/c1-2-18-16(11-14-8-10-21-13-14)12-15-7-9-20(19-15)17-5-3-4-6-17/h7-10,13,16-18H,2-6,11-12H2,1H3. The molecule has 0 aliphatic heterocycles. The first-order valence-electron chi connectivity index (χ1n) is 8.13. The van der Waals surface area contributed by atoms with Gasteiger partial charge in [-0.15, -0.1) is 0 Å². The van der Waals surface area contributed by atoms with Gasteiger partial charge in [0, 0.05) is 18.7 Å². The van der Waals surface area contributed by atoms with Crippen LogP contribution < -0.4 is 5.32 Å².